The predicted molar refractivity (Wildman–Crippen MR) is 83.2 cm³/mol. The van der Waals surface area contributed by atoms with Crippen LogP contribution < -0.4 is 0 Å². The summed E-state index contributed by atoms with van der Waals surface area (Å²) < 4.78 is 25.9. The average molecular weight is 336 g/mol. The Morgan fingerprint density at radius 3 is 2.35 bits per heavy atom. The van der Waals surface area contributed by atoms with Crippen molar-refractivity contribution in [3.8, 4) is 0 Å². The molecule has 0 saturated carbocycles. The molecule has 1 amide bonds. The summed E-state index contributed by atoms with van der Waals surface area (Å²) in [7, 11) is -2.51. The van der Waals surface area contributed by atoms with Crippen LogP contribution in [-0.4, -0.2) is 47.9 Å². The van der Waals surface area contributed by atoms with Crippen molar-refractivity contribution in [1.82, 2.24) is 8.87 Å². The number of benzene rings is 1. The molecule has 23 heavy (non-hydrogen) atoms. The maximum Gasteiger partial charge on any atom is 0.407 e. The molecule has 0 atom stereocenters. The Labute approximate surface area is 133 Å². The molecule has 8 heteroatoms. The van der Waals surface area contributed by atoms with Crippen molar-refractivity contribution >= 4 is 21.9 Å². The van der Waals surface area contributed by atoms with Crippen LogP contribution in [0.5, 0.6) is 0 Å². The van der Waals surface area contributed by atoms with Gasteiger partial charge in [-0.05, 0) is 25.1 Å². The molecule has 0 saturated heterocycles. The van der Waals surface area contributed by atoms with Gasteiger partial charge in [0.1, 0.15) is 0 Å². The first-order valence-electron chi connectivity index (χ1n) is 6.69. The predicted octanol–water partition coefficient (Wildman–Crippen LogP) is 1.83. The molecule has 1 N–H and O–H groups in total. The zero-order valence-corrected chi connectivity index (χ0v) is 13.4. The van der Waals surface area contributed by atoms with E-state index in [4.69, 9.17) is 5.11 Å². The van der Waals surface area contributed by atoms with Gasteiger partial charge >= 0.3 is 6.09 Å². The molecule has 0 aliphatic carbocycles. The molecular formula is C15H16N2O5S. The summed E-state index contributed by atoms with van der Waals surface area (Å²) in [6.07, 6.45) is 1.22. The number of carbonyl (C=O) groups is 2. The van der Waals surface area contributed by atoms with Gasteiger partial charge in [0.25, 0.3) is 10.0 Å². The number of hydrogen-bond donors (Lipinski definition) is 1. The van der Waals surface area contributed by atoms with Crippen molar-refractivity contribution < 1.29 is 23.1 Å². The number of likely N-dealkylation sites (N-methyl/N-ethyl adjacent to an activating group) is 1. The molecule has 1 aromatic carbocycles. The third-order valence-electron chi connectivity index (χ3n) is 3.29. The van der Waals surface area contributed by atoms with E-state index in [1.807, 2.05) is 6.92 Å². The molecule has 1 heterocycles. The van der Waals surface area contributed by atoms with Gasteiger partial charge in [-0.15, -0.1) is 0 Å². The Bertz CT molecular complexity index is 837. The monoisotopic (exact) mass is 336 g/mol. The fraction of sp³-hybridized carbons (Fsp3) is 0.200. The summed E-state index contributed by atoms with van der Waals surface area (Å²) in [5.74, 6) is -0.479. The molecule has 1 aromatic heterocycles. The highest BCUT2D eigenvalue weighted by Gasteiger charge is 2.19. The number of aromatic nitrogens is 1. The Morgan fingerprint density at radius 2 is 1.78 bits per heavy atom. The minimum atomic E-state index is -3.78. The smallest absolute Gasteiger partial charge is 0.407 e. The molecule has 0 radical (unpaired) electrons. The fourth-order valence-electron chi connectivity index (χ4n) is 1.90. The Balaban J connectivity index is 2.26. The van der Waals surface area contributed by atoms with Gasteiger partial charge in [-0.25, -0.2) is 17.2 Å². The van der Waals surface area contributed by atoms with E-state index in [1.54, 1.807) is 12.1 Å². The highest BCUT2D eigenvalue weighted by atomic mass is 32.2. The van der Waals surface area contributed by atoms with Crippen molar-refractivity contribution in [2.75, 3.05) is 13.6 Å². The first kappa shape index (κ1) is 16.8. The van der Waals surface area contributed by atoms with E-state index in [1.165, 1.54) is 37.6 Å². The van der Waals surface area contributed by atoms with E-state index >= 15 is 0 Å². The zero-order chi connectivity index (χ0) is 17.2. The van der Waals surface area contributed by atoms with Crippen molar-refractivity contribution in [3.05, 3.63) is 53.9 Å². The van der Waals surface area contributed by atoms with Crippen molar-refractivity contribution in [2.45, 2.75) is 11.8 Å². The molecule has 2 rings (SSSR count). The van der Waals surface area contributed by atoms with E-state index in [9.17, 15) is 18.0 Å². The first-order chi connectivity index (χ1) is 10.7. The number of carboxylic acid groups (broad SMARTS) is 1. The van der Waals surface area contributed by atoms with E-state index in [2.05, 4.69) is 0 Å². The lowest BCUT2D eigenvalue weighted by Gasteiger charge is -2.10. The summed E-state index contributed by atoms with van der Waals surface area (Å²) in [6, 6.07) is 7.70. The molecule has 2 aromatic rings. The standard InChI is InChI=1S/C15H16N2O5S/c1-11-3-5-13(6-4-11)23(21,22)17-8-7-12(9-17)14(18)10-16(2)15(19)20/h3-9H,10H2,1-2H3,(H,19,20). The van der Waals surface area contributed by atoms with Gasteiger partial charge in [-0.2, -0.15) is 0 Å². The van der Waals surface area contributed by atoms with Gasteiger partial charge in [-0.1, -0.05) is 17.7 Å². The minimum absolute atomic E-state index is 0.111. The van der Waals surface area contributed by atoms with E-state index in [-0.39, 0.29) is 17.0 Å². The number of Topliss-reactive ketones (excluding diaryl/α,β-unsaturated/α-hetero) is 1. The van der Waals surface area contributed by atoms with Gasteiger partial charge < -0.3 is 10.0 Å². The molecular weight excluding hydrogens is 320 g/mol. The van der Waals surface area contributed by atoms with Crippen LogP contribution in [0.3, 0.4) is 0 Å². The van der Waals surface area contributed by atoms with Gasteiger partial charge in [0.05, 0.1) is 11.4 Å². The van der Waals surface area contributed by atoms with Crippen LogP contribution >= 0.6 is 0 Å². The molecule has 122 valence electrons. The SMILES string of the molecule is Cc1ccc(S(=O)(=O)n2ccc(C(=O)CN(C)C(=O)O)c2)cc1. The first-order valence-corrected chi connectivity index (χ1v) is 8.13. The Hall–Kier alpha value is -2.61. The van der Waals surface area contributed by atoms with Gasteiger partial charge in [0, 0.05) is 25.0 Å². The average Bonchev–Trinajstić information content (AvgIpc) is 2.98. The third-order valence-corrected chi connectivity index (χ3v) is 4.94. The lowest BCUT2D eigenvalue weighted by atomic mass is 10.2. The number of ketones is 1. The van der Waals surface area contributed by atoms with Crippen LogP contribution in [0.2, 0.25) is 0 Å². The second kappa shape index (κ2) is 6.25. The maximum absolute atomic E-state index is 12.5. The third kappa shape index (κ3) is 3.59. The number of aryl methyl sites for hydroxylation is 1. The van der Waals surface area contributed by atoms with Crippen LogP contribution in [0.25, 0.3) is 0 Å². The van der Waals surface area contributed by atoms with E-state index in [0.29, 0.717) is 0 Å². The number of amides is 1. The summed E-state index contributed by atoms with van der Waals surface area (Å²) in [5.41, 5.74) is 1.07. The van der Waals surface area contributed by atoms with Gasteiger partial charge in [0.2, 0.25) is 0 Å². The summed E-state index contributed by atoms with van der Waals surface area (Å²) in [4.78, 5) is 23.6. The molecule has 0 spiro atoms. The van der Waals surface area contributed by atoms with Crippen LogP contribution in [-0.2, 0) is 10.0 Å². The summed E-state index contributed by atoms with van der Waals surface area (Å²) >= 11 is 0. The largest absolute Gasteiger partial charge is 0.465 e. The Kier molecular flexibility index (Phi) is 4.55. The number of rotatable bonds is 5. The van der Waals surface area contributed by atoms with Gasteiger partial charge in [-0.3, -0.25) is 4.79 Å². The highest BCUT2D eigenvalue weighted by Crippen LogP contribution is 2.16. The van der Waals surface area contributed by atoms with Gasteiger partial charge in [0.15, 0.2) is 5.78 Å². The van der Waals surface area contributed by atoms with Crippen molar-refractivity contribution in [3.63, 3.8) is 0 Å². The number of nitrogens with zero attached hydrogens (tertiary/aromatic N) is 2. The Morgan fingerprint density at radius 1 is 1.17 bits per heavy atom. The minimum Gasteiger partial charge on any atom is -0.465 e. The second-order valence-corrected chi connectivity index (χ2v) is 6.95. The van der Waals surface area contributed by atoms with E-state index in [0.717, 1.165) is 14.4 Å². The van der Waals surface area contributed by atoms with Crippen molar-refractivity contribution in [2.24, 2.45) is 0 Å². The van der Waals surface area contributed by atoms with Crippen molar-refractivity contribution in [1.29, 1.82) is 0 Å². The highest BCUT2D eigenvalue weighted by molar-refractivity contribution is 7.90. The topological polar surface area (TPSA) is 96.7 Å². The normalized spacial score (nSPS) is 11.2. The second-order valence-electron chi connectivity index (χ2n) is 5.11. The lowest BCUT2D eigenvalue weighted by molar-refractivity contribution is 0.0929. The summed E-state index contributed by atoms with van der Waals surface area (Å²) in [6.45, 7) is 1.51. The molecule has 0 unspecified atom stereocenters. The molecule has 7 nitrogen and oxygen atoms in total. The maximum atomic E-state index is 12.5. The van der Waals surface area contributed by atoms with Crippen LogP contribution in [0.15, 0.2) is 47.6 Å². The number of carbonyl (C=O) groups excluding carboxylic acids is 1. The molecule has 0 bridgehead atoms. The lowest BCUT2D eigenvalue weighted by Crippen LogP contribution is -2.30. The molecule has 0 fully saturated rings. The van der Waals surface area contributed by atoms with Crippen LogP contribution in [0, 0.1) is 6.92 Å². The van der Waals surface area contributed by atoms with Crippen LogP contribution in [0.1, 0.15) is 15.9 Å². The quantitative estimate of drug-likeness (QED) is 0.840. The fourth-order valence-corrected chi connectivity index (χ4v) is 3.09. The zero-order valence-electron chi connectivity index (χ0n) is 12.6. The number of hydrogen-bond acceptors (Lipinski definition) is 4. The molecule has 0 aliphatic heterocycles. The summed E-state index contributed by atoms with van der Waals surface area (Å²) in [5, 5.41) is 8.76. The molecule has 0 aliphatic rings. The van der Waals surface area contributed by atoms with E-state index < -0.39 is 21.9 Å². The van der Waals surface area contributed by atoms with Crippen LogP contribution in [0.4, 0.5) is 4.79 Å².